The third-order valence-electron chi connectivity index (χ3n) is 2.22. The summed E-state index contributed by atoms with van der Waals surface area (Å²) in [7, 11) is 0. The highest BCUT2D eigenvalue weighted by Gasteiger charge is 2.14. The van der Waals surface area contributed by atoms with Gasteiger partial charge in [0.05, 0.1) is 11.6 Å². The molecule has 1 amide bonds. The summed E-state index contributed by atoms with van der Waals surface area (Å²) >= 11 is 0. The predicted octanol–water partition coefficient (Wildman–Crippen LogP) is -1.08. The lowest BCUT2D eigenvalue weighted by atomic mass is 10.3. The van der Waals surface area contributed by atoms with E-state index in [-0.39, 0.29) is 5.95 Å². The smallest absolute Gasteiger partial charge is 0.241 e. The summed E-state index contributed by atoms with van der Waals surface area (Å²) in [5.41, 5.74) is 8.00. The van der Waals surface area contributed by atoms with Crippen LogP contribution in [0.4, 0.5) is 11.8 Å². The fraction of sp³-hybridized carbons (Fsp3) is 0.250. The van der Waals surface area contributed by atoms with E-state index in [1.165, 1.54) is 0 Å². The number of nitrogens with two attached hydrogens (primary N) is 2. The highest BCUT2D eigenvalue weighted by Crippen LogP contribution is 2.19. The molecule has 2 rings (SSSR count). The highest BCUT2D eigenvalue weighted by molar-refractivity contribution is 5.90. The van der Waals surface area contributed by atoms with E-state index >= 15 is 0 Å². The zero-order chi connectivity index (χ0) is 12.4. The van der Waals surface area contributed by atoms with Crippen molar-refractivity contribution in [3.05, 3.63) is 6.20 Å². The van der Waals surface area contributed by atoms with Crippen molar-refractivity contribution >= 4 is 28.7 Å². The second kappa shape index (κ2) is 4.22. The van der Waals surface area contributed by atoms with Crippen LogP contribution in [0.25, 0.3) is 11.0 Å². The number of rotatable bonds is 4. The first-order chi connectivity index (χ1) is 8.11. The number of hydrogen-bond donors (Lipinski definition) is 5. The van der Waals surface area contributed by atoms with Crippen molar-refractivity contribution < 1.29 is 4.79 Å². The standard InChI is InChI=1S/C8H12N8O/c1-3(5(9)17)12-6-4-2-11-16-7(4)14-8(13-6)15-10/h2-3H,10H2,1H3,(H2,9,17)(H3,11,12,13,14,15,16). The Morgan fingerprint density at radius 2 is 2.29 bits per heavy atom. The van der Waals surface area contributed by atoms with Gasteiger partial charge in [0.15, 0.2) is 5.65 Å². The van der Waals surface area contributed by atoms with Crippen LogP contribution in [0.3, 0.4) is 0 Å². The molecule has 0 saturated heterocycles. The maximum absolute atomic E-state index is 11.0. The van der Waals surface area contributed by atoms with Crippen LogP contribution >= 0.6 is 0 Å². The Morgan fingerprint density at radius 3 is 2.94 bits per heavy atom. The van der Waals surface area contributed by atoms with E-state index < -0.39 is 11.9 Å². The molecule has 0 aliphatic carbocycles. The van der Waals surface area contributed by atoms with E-state index in [9.17, 15) is 4.79 Å². The summed E-state index contributed by atoms with van der Waals surface area (Å²) in [6.07, 6.45) is 1.55. The first-order valence-electron chi connectivity index (χ1n) is 4.85. The lowest BCUT2D eigenvalue weighted by Gasteiger charge is -2.11. The molecule has 90 valence electrons. The van der Waals surface area contributed by atoms with Gasteiger partial charge in [-0.3, -0.25) is 15.3 Å². The molecule has 0 bridgehead atoms. The maximum Gasteiger partial charge on any atom is 0.241 e. The van der Waals surface area contributed by atoms with Crippen LogP contribution in [-0.2, 0) is 4.79 Å². The van der Waals surface area contributed by atoms with Gasteiger partial charge in [0.2, 0.25) is 11.9 Å². The van der Waals surface area contributed by atoms with Gasteiger partial charge in [-0.1, -0.05) is 0 Å². The topological polar surface area (TPSA) is 148 Å². The van der Waals surface area contributed by atoms with Crippen molar-refractivity contribution in [2.24, 2.45) is 11.6 Å². The summed E-state index contributed by atoms with van der Waals surface area (Å²) < 4.78 is 0. The van der Waals surface area contributed by atoms with Crippen LogP contribution in [0.2, 0.25) is 0 Å². The number of hydrazine groups is 1. The van der Waals surface area contributed by atoms with Crippen LogP contribution < -0.4 is 22.3 Å². The Morgan fingerprint density at radius 1 is 1.53 bits per heavy atom. The van der Waals surface area contributed by atoms with Crippen molar-refractivity contribution in [3.63, 3.8) is 0 Å². The molecule has 0 radical (unpaired) electrons. The lowest BCUT2D eigenvalue weighted by molar-refractivity contribution is -0.118. The van der Waals surface area contributed by atoms with E-state index in [1.54, 1.807) is 13.1 Å². The summed E-state index contributed by atoms with van der Waals surface area (Å²) in [5.74, 6) is 5.40. The van der Waals surface area contributed by atoms with Gasteiger partial charge < -0.3 is 11.1 Å². The molecule has 9 heteroatoms. The number of primary amides is 1. The van der Waals surface area contributed by atoms with E-state index in [4.69, 9.17) is 11.6 Å². The summed E-state index contributed by atoms with van der Waals surface area (Å²) in [6, 6.07) is -0.561. The van der Waals surface area contributed by atoms with Crippen molar-refractivity contribution in [2.45, 2.75) is 13.0 Å². The fourth-order valence-electron chi connectivity index (χ4n) is 1.29. The first kappa shape index (κ1) is 11.1. The van der Waals surface area contributed by atoms with Crippen LogP contribution in [0.1, 0.15) is 6.92 Å². The maximum atomic E-state index is 11.0. The van der Waals surface area contributed by atoms with Gasteiger partial charge in [0.25, 0.3) is 0 Å². The van der Waals surface area contributed by atoms with Gasteiger partial charge in [-0.2, -0.15) is 15.1 Å². The monoisotopic (exact) mass is 236 g/mol. The third-order valence-corrected chi connectivity index (χ3v) is 2.22. The van der Waals surface area contributed by atoms with Crippen molar-refractivity contribution in [1.82, 2.24) is 20.2 Å². The van der Waals surface area contributed by atoms with Gasteiger partial charge in [0, 0.05) is 0 Å². The van der Waals surface area contributed by atoms with Crippen molar-refractivity contribution in [1.29, 1.82) is 0 Å². The number of nitrogen functional groups attached to an aromatic ring is 1. The minimum Gasteiger partial charge on any atom is -0.368 e. The molecule has 9 nitrogen and oxygen atoms in total. The first-order valence-corrected chi connectivity index (χ1v) is 4.85. The molecule has 0 aromatic carbocycles. The second-order valence-electron chi connectivity index (χ2n) is 3.44. The van der Waals surface area contributed by atoms with Gasteiger partial charge >= 0.3 is 0 Å². The molecule has 17 heavy (non-hydrogen) atoms. The number of aromatic nitrogens is 4. The van der Waals surface area contributed by atoms with Crippen LogP contribution in [-0.4, -0.2) is 32.1 Å². The normalized spacial score (nSPS) is 12.4. The average Bonchev–Trinajstić information content (AvgIpc) is 2.76. The number of aromatic amines is 1. The molecular formula is C8H12N8O. The third kappa shape index (κ3) is 2.08. The van der Waals surface area contributed by atoms with E-state index in [1.807, 2.05) is 0 Å². The number of H-pyrrole nitrogens is 1. The van der Waals surface area contributed by atoms with E-state index in [0.29, 0.717) is 16.9 Å². The Hall–Kier alpha value is -2.42. The second-order valence-corrected chi connectivity index (χ2v) is 3.44. The van der Waals surface area contributed by atoms with Crippen molar-refractivity contribution in [3.8, 4) is 0 Å². The van der Waals surface area contributed by atoms with Gasteiger partial charge in [0.1, 0.15) is 11.9 Å². The molecule has 2 heterocycles. The molecule has 0 spiro atoms. The van der Waals surface area contributed by atoms with Gasteiger partial charge in [-0.15, -0.1) is 0 Å². The van der Waals surface area contributed by atoms with Crippen LogP contribution in [0.15, 0.2) is 6.20 Å². The Bertz CT molecular complexity index is 549. The average molecular weight is 236 g/mol. The van der Waals surface area contributed by atoms with Crippen LogP contribution in [0.5, 0.6) is 0 Å². The quantitative estimate of drug-likeness (QED) is 0.335. The van der Waals surface area contributed by atoms with E-state index in [2.05, 4.69) is 30.9 Å². The summed E-state index contributed by atoms with van der Waals surface area (Å²) in [4.78, 5) is 19.1. The molecule has 2 aromatic heterocycles. The molecule has 1 unspecified atom stereocenters. The number of amides is 1. The Balaban J connectivity index is 2.43. The zero-order valence-corrected chi connectivity index (χ0v) is 9.06. The van der Waals surface area contributed by atoms with Crippen molar-refractivity contribution in [2.75, 3.05) is 10.7 Å². The number of carbonyl (C=O) groups is 1. The Labute approximate surface area is 96.0 Å². The van der Waals surface area contributed by atoms with Crippen LogP contribution in [0, 0.1) is 0 Å². The molecule has 0 saturated carbocycles. The number of hydrogen-bond acceptors (Lipinski definition) is 7. The fourth-order valence-corrected chi connectivity index (χ4v) is 1.29. The van der Waals surface area contributed by atoms with Gasteiger partial charge in [-0.25, -0.2) is 5.84 Å². The molecule has 2 aromatic rings. The van der Waals surface area contributed by atoms with E-state index in [0.717, 1.165) is 0 Å². The lowest BCUT2D eigenvalue weighted by Crippen LogP contribution is -2.33. The predicted molar refractivity (Wildman–Crippen MR) is 61.8 cm³/mol. The highest BCUT2D eigenvalue weighted by atomic mass is 16.1. The van der Waals surface area contributed by atoms with Gasteiger partial charge in [-0.05, 0) is 6.92 Å². The summed E-state index contributed by atoms with van der Waals surface area (Å²) in [5, 5.41) is 10.0. The SMILES string of the molecule is CC(Nc1nc(NN)nc2[nH]ncc12)C(N)=O. The number of carbonyl (C=O) groups excluding carboxylic acids is 1. The minimum absolute atomic E-state index is 0.209. The number of nitrogens with zero attached hydrogens (tertiary/aromatic N) is 3. The zero-order valence-electron chi connectivity index (χ0n) is 9.06. The minimum atomic E-state index is -0.561. The molecule has 0 fully saturated rings. The molecule has 1 atom stereocenters. The number of anilines is 2. The Kier molecular flexibility index (Phi) is 2.75. The number of nitrogens with one attached hydrogen (secondary N) is 3. The largest absolute Gasteiger partial charge is 0.368 e. The number of fused-ring (bicyclic) bond motifs is 1. The molecular weight excluding hydrogens is 224 g/mol. The molecule has 7 N–H and O–H groups in total. The molecule has 0 aliphatic heterocycles. The molecule has 0 aliphatic rings. The summed E-state index contributed by atoms with van der Waals surface area (Å²) in [6.45, 7) is 1.63.